The van der Waals surface area contributed by atoms with Crippen molar-refractivity contribution in [2.45, 2.75) is 44.4 Å². The Morgan fingerprint density at radius 2 is 1.52 bits per heavy atom. The van der Waals surface area contributed by atoms with E-state index in [0.717, 1.165) is 67.2 Å². The molecule has 3 aliphatic heterocycles. The zero-order chi connectivity index (χ0) is 30.8. The average Bonchev–Trinajstić information content (AvgIpc) is 3.45. The number of anilines is 1. The Morgan fingerprint density at radius 3 is 2.16 bits per heavy atom. The van der Waals surface area contributed by atoms with Crippen molar-refractivity contribution in [1.29, 1.82) is 0 Å². The van der Waals surface area contributed by atoms with Crippen molar-refractivity contribution in [3.63, 3.8) is 0 Å². The molecule has 232 valence electrons. The fraction of sp³-hybridized carbons (Fsp3) is 0.441. The predicted octanol–water partition coefficient (Wildman–Crippen LogP) is 5.52. The molecule has 0 saturated carbocycles. The molecule has 2 aromatic carbocycles. The molecule has 0 radical (unpaired) electrons. The van der Waals surface area contributed by atoms with Crippen molar-refractivity contribution >= 4 is 23.1 Å². The number of pyridine rings is 1. The molecule has 44 heavy (non-hydrogen) atoms. The van der Waals surface area contributed by atoms with Crippen LogP contribution in [-0.2, 0) is 30.5 Å². The zero-order valence-electron chi connectivity index (χ0n) is 25.4. The molecule has 10 heteroatoms. The number of amides is 1. The average molecular weight is 605 g/mol. The van der Waals surface area contributed by atoms with Gasteiger partial charge in [-0.3, -0.25) is 14.6 Å². The van der Waals surface area contributed by atoms with Gasteiger partial charge in [0.25, 0.3) is 5.91 Å². The number of alkyl halides is 3. The molecule has 0 spiro atoms. The summed E-state index contributed by atoms with van der Waals surface area (Å²) in [6, 6.07) is 16.1. The first-order valence-electron chi connectivity index (χ1n) is 15.3. The van der Waals surface area contributed by atoms with Gasteiger partial charge in [-0.15, -0.1) is 0 Å². The Hall–Kier alpha value is -3.76. The van der Waals surface area contributed by atoms with Crippen LogP contribution in [0.3, 0.4) is 0 Å². The Bertz CT molecular complexity index is 1490. The lowest BCUT2D eigenvalue weighted by Gasteiger charge is -2.34. The number of halogens is 3. The number of piperazine rings is 1. The third-order valence-corrected chi connectivity index (χ3v) is 9.04. The molecule has 6 rings (SSSR count). The van der Waals surface area contributed by atoms with E-state index in [1.54, 1.807) is 0 Å². The van der Waals surface area contributed by atoms with Crippen molar-refractivity contribution < 1.29 is 18.0 Å². The number of carbonyl (C=O) groups excluding carboxylic acids is 1. The van der Waals surface area contributed by atoms with Crippen LogP contribution < -0.4 is 4.90 Å². The van der Waals surface area contributed by atoms with Crippen LogP contribution in [0.2, 0.25) is 0 Å². The third kappa shape index (κ3) is 6.97. The summed E-state index contributed by atoms with van der Waals surface area (Å²) in [7, 11) is 4.00. The molecule has 2 fully saturated rings. The largest absolute Gasteiger partial charge is 0.416 e. The minimum absolute atomic E-state index is 0.0154. The summed E-state index contributed by atoms with van der Waals surface area (Å²) in [4.78, 5) is 31.1. The standard InChI is InChI=1S/C34H39F3N6O/c1-40(2)32-10-5-25(21-38-32)23-41-13-11-26(12-14-41)27-6-9-30-28(19-27)20-31(39-30)33(44)43-17-15-42(16-18-43)22-24-3-7-29(8-4-24)34(35,36)37/h3-10,19,21,26H,11-18,20,22-23H2,1-2H3. The molecule has 2 saturated heterocycles. The van der Waals surface area contributed by atoms with Gasteiger partial charge in [0.05, 0.1) is 11.3 Å². The van der Waals surface area contributed by atoms with Crippen LogP contribution in [0.5, 0.6) is 0 Å². The molecular weight excluding hydrogens is 565 g/mol. The Labute approximate surface area is 257 Å². The highest BCUT2D eigenvalue weighted by Gasteiger charge is 2.31. The van der Waals surface area contributed by atoms with E-state index < -0.39 is 11.7 Å². The van der Waals surface area contributed by atoms with Gasteiger partial charge >= 0.3 is 6.18 Å². The Kier molecular flexibility index (Phi) is 8.73. The summed E-state index contributed by atoms with van der Waals surface area (Å²) < 4.78 is 38.6. The summed E-state index contributed by atoms with van der Waals surface area (Å²) in [5.74, 6) is 1.46. The predicted molar refractivity (Wildman–Crippen MR) is 166 cm³/mol. The molecule has 4 heterocycles. The van der Waals surface area contributed by atoms with E-state index in [0.29, 0.717) is 50.8 Å². The van der Waals surface area contributed by atoms with Gasteiger partial charge in [-0.1, -0.05) is 30.3 Å². The number of fused-ring (bicyclic) bond motifs is 1. The van der Waals surface area contributed by atoms with Gasteiger partial charge < -0.3 is 9.80 Å². The summed E-state index contributed by atoms with van der Waals surface area (Å²) >= 11 is 0. The van der Waals surface area contributed by atoms with Crippen LogP contribution >= 0.6 is 0 Å². The SMILES string of the molecule is CN(C)c1ccc(CN2CCC(c3ccc4c(c3)CC(C(=O)N3CCN(Cc5ccc(C(F)(F)F)cc5)CC3)=N4)CC2)cn1. The highest BCUT2D eigenvalue weighted by atomic mass is 19.4. The third-order valence-electron chi connectivity index (χ3n) is 9.04. The van der Waals surface area contributed by atoms with Crippen molar-refractivity contribution in [3.8, 4) is 0 Å². The van der Waals surface area contributed by atoms with Gasteiger partial charge in [0.1, 0.15) is 11.5 Å². The normalized spacial score (nSPS) is 18.3. The molecule has 1 aromatic heterocycles. The van der Waals surface area contributed by atoms with Gasteiger partial charge in [0.2, 0.25) is 0 Å². The van der Waals surface area contributed by atoms with Crippen LogP contribution in [0.15, 0.2) is 65.8 Å². The second-order valence-electron chi connectivity index (χ2n) is 12.4. The monoisotopic (exact) mass is 604 g/mol. The second-order valence-corrected chi connectivity index (χ2v) is 12.4. The maximum Gasteiger partial charge on any atom is 0.416 e. The number of rotatable bonds is 7. The zero-order valence-corrected chi connectivity index (χ0v) is 25.4. The number of likely N-dealkylation sites (tertiary alicyclic amines) is 1. The van der Waals surface area contributed by atoms with E-state index in [1.807, 2.05) is 30.1 Å². The van der Waals surface area contributed by atoms with Gasteiger partial charge in [-0.25, -0.2) is 9.98 Å². The number of benzene rings is 2. The summed E-state index contributed by atoms with van der Waals surface area (Å²) in [6.07, 6.45) is 0.411. The Balaban J connectivity index is 0.970. The topological polar surface area (TPSA) is 55.3 Å². The van der Waals surface area contributed by atoms with Crippen molar-refractivity contribution in [3.05, 3.63) is 88.6 Å². The molecule has 7 nitrogen and oxygen atoms in total. The molecule has 0 bridgehead atoms. The molecule has 3 aromatic rings. The van der Waals surface area contributed by atoms with E-state index in [9.17, 15) is 18.0 Å². The first-order chi connectivity index (χ1) is 21.1. The van der Waals surface area contributed by atoms with E-state index in [-0.39, 0.29) is 5.91 Å². The van der Waals surface area contributed by atoms with Crippen LogP contribution in [0.25, 0.3) is 0 Å². The van der Waals surface area contributed by atoms with E-state index in [1.165, 1.54) is 23.3 Å². The second kappa shape index (κ2) is 12.7. The number of carbonyl (C=O) groups is 1. The van der Waals surface area contributed by atoms with Crippen molar-refractivity contribution in [2.75, 3.05) is 58.3 Å². The molecule has 0 atom stereocenters. The molecule has 0 unspecified atom stereocenters. The van der Waals surface area contributed by atoms with Gasteiger partial charge in [-0.2, -0.15) is 13.2 Å². The van der Waals surface area contributed by atoms with Crippen LogP contribution in [0.4, 0.5) is 24.7 Å². The first kappa shape index (κ1) is 30.3. The minimum atomic E-state index is -4.33. The van der Waals surface area contributed by atoms with Gasteiger partial charge in [0.15, 0.2) is 0 Å². The first-order valence-corrected chi connectivity index (χ1v) is 15.3. The van der Waals surface area contributed by atoms with Crippen molar-refractivity contribution in [1.82, 2.24) is 19.7 Å². The molecular formula is C34H39F3N6O. The van der Waals surface area contributed by atoms with Crippen molar-refractivity contribution in [2.24, 2.45) is 4.99 Å². The number of nitrogens with zero attached hydrogens (tertiary/aromatic N) is 6. The lowest BCUT2D eigenvalue weighted by Crippen LogP contribution is -2.50. The highest BCUT2D eigenvalue weighted by Crippen LogP contribution is 2.35. The number of hydrogen-bond donors (Lipinski definition) is 0. The molecule has 0 aliphatic carbocycles. The molecule has 1 amide bonds. The van der Waals surface area contributed by atoms with E-state index >= 15 is 0 Å². The Morgan fingerprint density at radius 1 is 0.864 bits per heavy atom. The number of hydrogen-bond acceptors (Lipinski definition) is 6. The van der Waals surface area contributed by atoms with E-state index in [4.69, 9.17) is 4.99 Å². The quantitative estimate of drug-likeness (QED) is 0.356. The van der Waals surface area contributed by atoms with Crippen LogP contribution in [0, 0.1) is 0 Å². The van der Waals surface area contributed by atoms with Crippen LogP contribution in [-0.4, -0.2) is 84.7 Å². The summed E-state index contributed by atoms with van der Waals surface area (Å²) in [5, 5.41) is 0. The van der Waals surface area contributed by atoms with E-state index in [2.05, 4.69) is 45.1 Å². The maximum absolute atomic E-state index is 13.3. The lowest BCUT2D eigenvalue weighted by molar-refractivity contribution is -0.137. The highest BCUT2D eigenvalue weighted by molar-refractivity contribution is 6.40. The van der Waals surface area contributed by atoms with Crippen LogP contribution in [0.1, 0.15) is 46.6 Å². The number of aromatic nitrogens is 1. The number of aliphatic imine (C=N–C) groups is 1. The smallest absolute Gasteiger partial charge is 0.363 e. The maximum atomic E-state index is 13.3. The number of piperidine rings is 1. The molecule has 3 aliphatic rings. The fourth-order valence-corrected chi connectivity index (χ4v) is 6.41. The minimum Gasteiger partial charge on any atom is -0.363 e. The lowest BCUT2D eigenvalue weighted by atomic mass is 9.88. The van der Waals surface area contributed by atoms with Gasteiger partial charge in [-0.05, 0) is 78.4 Å². The summed E-state index contributed by atoms with van der Waals surface area (Å²) in [6.45, 7) is 6.07. The van der Waals surface area contributed by atoms with Gasteiger partial charge in [0, 0.05) is 66.0 Å². The fourth-order valence-electron chi connectivity index (χ4n) is 6.41. The molecule has 0 N–H and O–H groups in total. The summed E-state index contributed by atoms with van der Waals surface area (Å²) in [5.41, 5.74) is 5.38.